The average Bonchev–Trinajstić information content (AvgIpc) is 2.66. The van der Waals surface area contributed by atoms with Crippen LogP contribution in [-0.4, -0.2) is 9.55 Å². The quantitative estimate of drug-likeness (QED) is 0.681. The number of rotatable bonds is 0. The Balaban J connectivity index is 2.31. The fourth-order valence-corrected chi connectivity index (χ4v) is 1.94. The number of imidazole rings is 1. The number of anilines is 1. The van der Waals surface area contributed by atoms with Gasteiger partial charge < -0.3 is 5.32 Å². The highest BCUT2D eigenvalue weighted by Gasteiger charge is 2.15. The Morgan fingerprint density at radius 1 is 1.43 bits per heavy atom. The Bertz CT molecular complexity index is 485. The van der Waals surface area contributed by atoms with Gasteiger partial charge in [-0.25, -0.2) is 4.98 Å². The molecule has 0 saturated carbocycles. The second-order valence-electron chi connectivity index (χ2n) is 3.55. The van der Waals surface area contributed by atoms with Crippen LogP contribution in [0, 0.1) is 6.92 Å². The van der Waals surface area contributed by atoms with E-state index in [2.05, 4.69) is 40.0 Å². The van der Waals surface area contributed by atoms with Crippen LogP contribution in [0.3, 0.4) is 0 Å². The van der Waals surface area contributed by atoms with E-state index in [1.54, 1.807) is 0 Å². The lowest BCUT2D eigenvalue weighted by Gasteiger charge is -2.21. The summed E-state index contributed by atoms with van der Waals surface area (Å²) < 4.78 is 2.09. The number of benzene rings is 1. The monoisotopic (exact) mass is 185 g/mol. The Labute approximate surface area is 82.4 Å². The van der Waals surface area contributed by atoms with Crippen LogP contribution in [0.4, 0.5) is 5.95 Å². The lowest BCUT2D eigenvalue weighted by atomic mass is 10.1. The fourth-order valence-electron chi connectivity index (χ4n) is 1.94. The lowest BCUT2D eigenvalue weighted by Crippen LogP contribution is -2.15. The first kappa shape index (κ1) is 7.62. The van der Waals surface area contributed by atoms with Gasteiger partial charge in [-0.1, -0.05) is 12.1 Å². The van der Waals surface area contributed by atoms with Crippen LogP contribution >= 0.6 is 0 Å². The maximum Gasteiger partial charge on any atom is 0.207 e. The predicted octanol–water partition coefficient (Wildman–Crippen LogP) is 2.11. The zero-order chi connectivity index (χ0) is 9.54. The lowest BCUT2D eigenvalue weighted by molar-refractivity contribution is 0.924. The summed E-state index contributed by atoms with van der Waals surface area (Å²) in [5.41, 5.74) is 3.93. The first-order valence-corrected chi connectivity index (χ1v) is 4.72. The van der Waals surface area contributed by atoms with Crippen LogP contribution in [-0.2, 0) is 6.54 Å². The van der Waals surface area contributed by atoms with Gasteiger partial charge in [0, 0.05) is 18.9 Å². The maximum absolute atomic E-state index is 4.24. The second kappa shape index (κ2) is 2.61. The number of aryl methyl sites for hydroxylation is 1. The van der Waals surface area contributed by atoms with Crippen molar-refractivity contribution in [2.45, 2.75) is 13.5 Å². The smallest absolute Gasteiger partial charge is 0.207 e. The molecule has 0 fully saturated rings. The van der Waals surface area contributed by atoms with Crippen molar-refractivity contribution in [1.29, 1.82) is 0 Å². The van der Waals surface area contributed by atoms with Crippen LogP contribution in [0.2, 0.25) is 0 Å². The van der Waals surface area contributed by atoms with Crippen molar-refractivity contribution < 1.29 is 0 Å². The van der Waals surface area contributed by atoms with E-state index in [1.165, 1.54) is 16.8 Å². The van der Waals surface area contributed by atoms with Crippen molar-refractivity contribution >= 4 is 5.95 Å². The minimum atomic E-state index is 0.874. The summed E-state index contributed by atoms with van der Waals surface area (Å²) in [4.78, 5) is 4.24. The molecule has 1 N–H and O–H groups in total. The molecule has 2 aromatic rings. The van der Waals surface area contributed by atoms with E-state index in [9.17, 15) is 0 Å². The van der Waals surface area contributed by atoms with Gasteiger partial charge in [0.05, 0.1) is 5.69 Å². The van der Waals surface area contributed by atoms with Crippen LogP contribution in [0.1, 0.15) is 11.1 Å². The van der Waals surface area contributed by atoms with Crippen LogP contribution in [0.15, 0.2) is 30.6 Å². The summed E-state index contributed by atoms with van der Waals surface area (Å²) in [6.07, 6.45) is 3.81. The number of hydrogen-bond acceptors (Lipinski definition) is 2. The van der Waals surface area contributed by atoms with E-state index in [0.29, 0.717) is 0 Å². The highest BCUT2D eigenvalue weighted by Crippen LogP contribution is 2.26. The number of hydrogen-bond donors (Lipinski definition) is 1. The van der Waals surface area contributed by atoms with E-state index in [-0.39, 0.29) is 0 Å². The summed E-state index contributed by atoms with van der Waals surface area (Å²) in [5, 5.41) is 3.29. The molecule has 70 valence electrons. The van der Waals surface area contributed by atoms with E-state index in [1.807, 2.05) is 12.4 Å². The van der Waals surface area contributed by atoms with Crippen molar-refractivity contribution in [2.24, 2.45) is 0 Å². The fraction of sp³-hybridized carbons (Fsp3) is 0.182. The van der Waals surface area contributed by atoms with Gasteiger partial charge in [-0.3, -0.25) is 4.57 Å². The highest BCUT2D eigenvalue weighted by molar-refractivity contribution is 5.54. The molecule has 2 heterocycles. The normalized spacial score (nSPS) is 12.9. The third-order valence-corrected chi connectivity index (χ3v) is 2.71. The topological polar surface area (TPSA) is 29.9 Å². The Hall–Kier alpha value is -1.77. The molecule has 0 radical (unpaired) electrons. The molecule has 3 nitrogen and oxygen atoms in total. The highest BCUT2D eigenvalue weighted by atomic mass is 15.2. The first-order valence-electron chi connectivity index (χ1n) is 4.72. The summed E-state index contributed by atoms with van der Waals surface area (Å²) in [6.45, 7) is 3.02. The molecule has 0 amide bonds. The molecule has 1 aromatic heterocycles. The molecule has 0 unspecified atom stereocenters. The molecular weight excluding hydrogens is 174 g/mol. The van der Waals surface area contributed by atoms with Gasteiger partial charge in [-0.2, -0.15) is 0 Å². The van der Waals surface area contributed by atoms with Crippen molar-refractivity contribution in [2.75, 3.05) is 5.32 Å². The van der Waals surface area contributed by atoms with Gasteiger partial charge in [0.25, 0.3) is 0 Å². The molecule has 1 aliphatic rings. The minimum Gasteiger partial charge on any atom is -0.351 e. The largest absolute Gasteiger partial charge is 0.351 e. The maximum atomic E-state index is 4.24. The van der Waals surface area contributed by atoms with Gasteiger partial charge in [0.15, 0.2) is 0 Å². The van der Waals surface area contributed by atoms with Gasteiger partial charge >= 0.3 is 0 Å². The molecule has 14 heavy (non-hydrogen) atoms. The van der Waals surface area contributed by atoms with E-state index in [0.717, 1.165) is 12.5 Å². The molecule has 1 aromatic carbocycles. The number of nitrogens with zero attached hydrogens (tertiary/aromatic N) is 2. The van der Waals surface area contributed by atoms with E-state index < -0.39 is 0 Å². The molecule has 0 atom stereocenters. The van der Waals surface area contributed by atoms with E-state index in [4.69, 9.17) is 0 Å². The third-order valence-electron chi connectivity index (χ3n) is 2.71. The minimum absolute atomic E-state index is 0.874. The van der Waals surface area contributed by atoms with Gasteiger partial charge in [0.1, 0.15) is 0 Å². The van der Waals surface area contributed by atoms with Crippen LogP contribution in [0.25, 0.3) is 5.69 Å². The average molecular weight is 185 g/mol. The molecule has 1 aliphatic heterocycles. The van der Waals surface area contributed by atoms with Crippen molar-refractivity contribution in [3.8, 4) is 5.69 Å². The van der Waals surface area contributed by atoms with Gasteiger partial charge in [-0.15, -0.1) is 0 Å². The van der Waals surface area contributed by atoms with Crippen molar-refractivity contribution in [1.82, 2.24) is 9.55 Å². The molecular formula is C11H11N3. The Morgan fingerprint density at radius 2 is 2.36 bits per heavy atom. The molecule has 0 bridgehead atoms. The zero-order valence-electron chi connectivity index (χ0n) is 7.99. The van der Waals surface area contributed by atoms with Crippen molar-refractivity contribution in [3.63, 3.8) is 0 Å². The number of aromatic nitrogens is 2. The number of nitrogens with one attached hydrogen (secondary N) is 1. The molecule has 0 saturated heterocycles. The van der Waals surface area contributed by atoms with Crippen LogP contribution in [0.5, 0.6) is 0 Å². The second-order valence-corrected chi connectivity index (χ2v) is 3.55. The Morgan fingerprint density at radius 3 is 3.29 bits per heavy atom. The standard InChI is InChI=1S/C11H11N3/c1-8-3-2-4-10-9(8)7-13-11-12-5-6-14(10)11/h2-6H,7H2,1H3,(H,12,13). The first-order chi connectivity index (χ1) is 6.86. The molecule has 3 heteroatoms. The summed E-state index contributed by atoms with van der Waals surface area (Å²) in [7, 11) is 0. The SMILES string of the molecule is Cc1cccc2c1CNc1nccn1-2. The van der Waals surface area contributed by atoms with Gasteiger partial charge in [0.2, 0.25) is 5.95 Å². The van der Waals surface area contributed by atoms with Crippen LogP contribution < -0.4 is 5.32 Å². The van der Waals surface area contributed by atoms with Gasteiger partial charge in [-0.05, 0) is 24.1 Å². The summed E-state index contributed by atoms with van der Waals surface area (Å²) >= 11 is 0. The molecule has 0 spiro atoms. The van der Waals surface area contributed by atoms with E-state index >= 15 is 0 Å². The number of fused-ring (bicyclic) bond motifs is 3. The van der Waals surface area contributed by atoms with Crippen molar-refractivity contribution in [3.05, 3.63) is 41.7 Å². The molecule has 3 rings (SSSR count). The Kier molecular flexibility index (Phi) is 1.42. The summed E-state index contributed by atoms with van der Waals surface area (Å²) in [5.74, 6) is 0.933. The zero-order valence-corrected chi connectivity index (χ0v) is 7.99. The third kappa shape index (κ3) is 0.894. The molecule has 0 aliphatic carbocycles. The predicted molar refractivity (Wildman–Crippen MR) is 55.6 cm³/mol. The summed E-state index contributed by atoms with van der Waals surface area (Å²) in [6, 6.07) is 6.36.